The molecule has 3 nitrogen and oxygen atoms in total. The van der Waals surface area contributed by atoms with Crippen molar-refractivity contribution in [2.24, 2.45) is 5.73 Å². The molecule has 0 saturated carbocycles. The summed E-state index contributed by atoms with van der Waals surface area (Å²) in [4.78, 5) is 0. The molecule has 1 aliphatic rings. The van der Waals surface area contributed by atoms with Gasteiger partial charge in [-0.05, 0) is 51.1 Å². The summed E-state index contributed by atoms with van der Waals surface area (Å²) in [6.45, 7) is 5.16. The first-order valence-corrected chi connectivity index (χ1v) is 5.50. The highest BCUT2D eigenvalue weighted by atomic mass is 15.3. The van der Waals surface area contributed by atoms with Gasteiger partial charge in [-0.3, -0.25) is 4.68 Å². The highest BCUT2D eigenvalue weighted by Gasteiger charge is 2.26. The molecule has 1 aromatic rings. The number of rotatable bonds is 3. The average molecular weight is 193 g/mol. The molecule has 2 rings (SSSR count). The van der Waals surface area contributed by atoms with Crippen LogP contribution in [-0.4, -0.2) is 16.3 Å². The Balaban J connectivity index is 2.25. The van der Waals surface area contributed by atoms with Gasteiger partial charge in [0.15, 0.2) is 0 Å². The van der Waals surface area contributed by atoms with Crippen LogP contribution in [0.1, 0.15) is 49.9 Å². The van der Waals surface area contributed by atoms with E-state index in [2.05, 4.69) is 23.6 Å². The number of nitrogens with zero attached hydrogens (tertiary/aromatic N) is 2. The molecule has 0 aliphatic heterocycles. The van der Waals surface area contributed by atoms with Crippen molar-refractivity contribution in [3.05, 3.63) is 17.5 Å². The molecule has 0 aromatic carbocycles. The monoisotopic (exact) mass is 193 g/mol. The zero-order valence-electron chi connectivity index (χ0n) is 9.03. The van der Waals surface area contributed by atoms with Crippen LogP contribution in [0.25, 0.3) is 0 Å². The van der Waals surface area contributed by atoms with Crippen LogP contribution in [0.15, 0.2) is 6.20 Å². The second-order valence-corrected chi connectivity index (χ2v) is 4.40. The summed E-state index contributed by atoms with van der Waals surface area (Å²) in [5, 5.41) is 4.45. The fourth-order valence-electron chi connectivity index (χ4n) is 2.41. The normalized spacial score (nSPS) is 20.4. The molecule has 1 unspecified atom stereocenters. The average Bonchev–Trinajstić information content (AvgIpc) is 2.67. The van der Waals surface area contributed by atoms with Crippen LogP contribution in [0.3, 0.4) is 0 Å². The smallest absolute Gasteiger partial charge is 0.0527 e. The molecule has 1 heterocycles. The number of aromatic nitrogens is 2. The van der Waals surface area contributed by atoms with Gasteiger partial charge in [0.05, 0.1) is 6.20 Å². The molecular weight excluding hydrogens is 174 g/mol. The Morgan fingerprint density at radius 2 is 2.43 bits per heavy atom. The molecule has 1 atom stereocenters. The minimum Gasteiger partial charge on any atom is -0.330 e. The number of fused-ring (bicyclic) bond motifs is 1. The van der Waals surface area contributed by atoms with Gasteiger partial charge in [-0.1, -0.05) is 0 Å². The summed E-state index contributed by atoms with van der Waals surface area (Å²) in [6, 6.07) is 0.482. The maximum absolute atomic E-state index is 5.60. The van der Waals surface area contributed by atoms with Crippen molar-refractivity contribution < 1.29 is 0 Å². The van der Waals surface area contributed by atoms with Gasteiger partial charge >= 0.3 is 0 Å². The van der Waals surface area contributed by atoms with Crippen LogP contribution in [0.2, 0.25) is 0 Å². The summed E-state index contributed by atoms with van der Waals surface area (Å²) in [5.41, 5.74) is 8.50. The van der Waals surface area contributed by atoms with Crippen molar-refractivity contribution in [1.29, 1.82) is 0 Å². The van der Waals surface area contributed by atoms with Crippen LogP contribution in [0.5, 0.6) is 0 Å². The molecular formula is C11H19N3. The fraction of sp³-hybridized carbons (Fsp3) is 0.727. The summed E-state index contributed by atoms with van der Waals surface area (Å²) in [5.74, 6) is 0.669. The molecule has 0 bridgehead atoms. The first-order chi connectivity index (χ1) is 6.74. The first kappa shape index (κ1) is 9.71. The summed E-state index contributed by atoms with van der Waals surface area (Å²) in [7, 11) is 0. The molecule has 0 spiro atoms. The SMILES string of the molecule is CC(C)n1ncc2c1CCC2CCN. The Bertz CT molecular complexity index is 314. The van der Waals surface area contributed by atoms with Gasteiger partial charge in [0, 0.05) is 11.7 Å². The topological polar surface area (TPSA) is 43.8 Å². The zero-order valence-corrected chi connectivity index (χ0v) is 9.03. The minimum absolute atomic E-state index is 0.482. The molecule has 14 heavy (non-hydrogen) atoms. The molecule has 0 amide bonds. The second kappa shape index (κ2) is 3.73. The third-order valence-corrected chi connectivity index (χ3v) is 3.10. The van der Waals surface area contributed by atoms with Crippen molar-refractivity contribution in [1.82, 2.24) is 9.78 Å². The maximum Gasteiger partial charge on any atom is 0.0527 e. The van der Waals surface area contributed by atoms with E-state index in [1.165, 1.54) is 24.1 Å². The largest absolute Gasteiger partial charge is 0.330 e. The van der Waals surface area contributed by atoms with E-state index in [9.17, 15) is 0 Å². The van der Waals surface area contributed by atoms with Crippen LogP contribution in [-0.2, 0) is 6.42 Å². The molecule has 2 N–H and O–H groups in total. The third-order valence-electron chi connectivity index (χ3n) is 3.10. The van der Waals surface area contributed by atoms with Gasteiger partial charge in [0.2, 0.25) is 0 Å². The van der Waals surface area contributed by atoms with Gasteiger partial charge in [-0.15, -0.1) is 0 Å². The van der Waals surface area contributed by atoms with E-state index in [-0.39, 0.29) is 0 Å². The molecule has 3 heteroatoms. The van der Waals surface area contributed by atoms with Gasteiger partial charge in [-0.2, -0.15) is 5.10 Å². The Kier molecular flexibility index (Phi) is 2.59. The Hall–Kier alpha value is -0.830. The maximum atomic E-state index is 5.60. The van der Waals surface area contributed by atoms with Crippen molar-refractivity contribution >= 4 is 0 Å². The van der Waals surface area contributed by atoms with E-state index in [1.54, 1.807) is 0 Å². The van der Waals surface area contributed by atoms with Crippen molar-refractivity contribution in [2.45, 2.75) is 45.1 Å². The number of nitrogens with two attached hydrogens (primary N) is 1. The van der Waals surface area contributed by atoms with Crippen LogP contribution in [0.4, 0.5) is 0 Å². The highest BCUT2D eigenvalue weighted by molar-refractivity contribution is 5.28. The van der Waals surface area contributed by atoms with Crippen molar-refractivity contribution in [2.75, 3.05) is 6.54 Å². The lowest BCUT2D eigenvalue weighted by atomic mass is 10.0. The van der Waals surface area contributed by atoms with Gasteiger partial charge in [0.25, 0.3) is 0 Å². The Morgan fingerprint density at radius 3 is 3.07 bits per heavy atom. The van der Waals surface area contributed by atoms with E-state index < -0.39 is 0 Å². The predicted molar refractivity (Wildman–Crippen MR) is 57.3 cm³/mol. The van der Waals surface area contributed by atoms with E-state index >= 15 is 0 Å². The van der Waals surface area contributed by atoms with Crippen molar-refractivity contribution in [3.8, 4) is 0 Å². The molecule has 1 aliphatic carbocycles. The number of hydrogen-bond acceptors (Lipinski definition) is 2. The van der Waals surface area contributed by atoms with Gasteiger partial charge in [-0.25, -0.2) is 0 Å². The fourth-order valence-corrected chi connectivity index (χ4v) is 2.41. The molecule has 0 radical (unpaired) electrons. The zero-order chi connectivity index (χ0) is 10.1. The second-order valence-electron chi connectivity index (χ2n) is 4.40. The molecule has 78 valence electrons. The lowest BCUT2D eigenvalue weighted by Gasteiger charge is -2.08. The lowest BCUT2D eigenvalue weighted by Crippen LogP contribution is -2.06. The molecule has 0 saturated heterocycles. The summed E-state index contributed by atoms with van der Waals surface area (Å²) in [6.07, 6.45) is 5.59. The quantitative estimate of drug-likeness (QED) is 0.796. The Morgan fingerprint density at radius 1 is 1.64 bits per heavy atom. The molecule has 0 fully saturated rings. The summed E-state index contributed by atoms with van der Waals surface area (Å²) < 4.78 is 2.16. The van der Waals surface area contributed by atoms with E-state index in [1.807, 2.05) is 6.20 Å². The number of hydrogen-bond donors (Lipinski definition) is 1. The van der Waals surface area contributed by atoms with Crippen LogP contribution < -0.4 is 5.73 Å². The Labute approximate surface area is 85.3 Å². The summed E-state index contributed by atoms with van der Waals surface area (Å²) >= 11 is 0. The van der Waals surface area contributed by atoms with Gasteiger partial charge in [0.1, 0.15) is 0 Å². The third kappa shape index (κ3) is 1.46. The van der Waals surface area contributed by atoms with E-state index in [0.29, 0.717) is 12.0 Å². The standard InChI is InChI=1S/C11H19N3/c1-8(2)14-11-4-3-9(5-6-12)10(11)7-13-14/h7-9H,3-6,12H2,1-2H3. The van der Waals surface area contributed by atoms with Crippen LogP contribution in [0, 0.1) is 0 Å². The first-order valence-electron chi connectivity index (χ1n) is 5.50. The van der Waals surface area contributed by atoms with E-state index in [0.717, 1.165) is 13.0 Å². The van der Waals surface area contributed by atoms with Gasteiger partial charge < -0.3 is 5.73 Å². The van der Waals surface area contributed by atoms with Crippen LogP contribution >= 0.6 is 0 Å². The lowest BCUT2D eigenvalue weighted by molar-refractivity contribution is 0.507. The molecule has 1 aromatic heterocycles. The van der Waals surface area contributed by atoms with E-state index in [4.69, 9.17) is 5.73 Å². The predicted octanol–water partition coefficient (Wildman–Crippen LogP) is 1.84. The minimum atomic E-state index is 0.482. The highest BCUT2D eigenvalue weighted by Crippen LogP contribution is 2.35. The van der Waals surface area contributed by atoms with Crippen molar-refractivity contribution in [3.63, 3.8) is 0 Å².